The van der Waals surface area contributed by atoms with Crippen molar-refractivity contribution in [2.75, 3.05) is 11.1 Å². The molecule has 2 aromatic carbocycles. The van der Waals surface area contributed by atoms with Crippen LogP contribution in [-0.4, -0.2) is 22.9 Å². The SMILES string of the molecule is O=C(CSc1ccccc1Cl)Nc1ccc2c(c1)C[C@@H](O)C2. The van der Waals surface area contributed by atoms with Crippen LogP contribution in [0.5, 0.6) is 0 Å². The molecule has 0 aliphatic heterocycles. The third kappa shape index (κ3) is 3.64. The number of aliphatic hydroxyl groups excluding tert-OH is 1. The van der Waals surface area contributed by atoms with Gasteiger partial charge in [0.15, 0.2) is 0 Å². The van der Waals surface area contributed by atoms with Crippen LogP contribution in [0, 0.1) is 0 Å². The molecule has 1 amide bonds. The molecule has 0 unspecified atom stereocenters. The first-order chi connectivity index (χ1) is 10.6. The molecule has 3 nitrogen and oxygen atoms in total. The molecule has 0 saturated carbocycles. The van der Waals surface area contributed by atoms with Gasteiger partial charge in [0.1, 0.15) is 0 Å². The van der Waals surface area contributed by atoms with Gasteiger partial charge in [-0.05, 0) is 48.2 Å². The maximum absolute atomic E-state index is 12.0. The molecule has 114 valence electrons. The van der Waals surface area contributed by atoms with Crippen LogP contribution >= 0.6 is 23.4 Å². The molecule has 0 radical (unpaired) electrons. The van der Waals surface area contributed by atoms with Gasteiger partial charge in [-0.25, -0.2) is 0 Å². The van der Waals surface area contributed by atoms with Crippen LogP contribution in [-0.2, 0) is 17.6 Å². The molecule has 1 aliphatic carbocycles. The van der Waals surface area contributed by atoms with Crippen molar-refractivity contribution < 1.29 is 9.90 Å². The molecule has 0 saturated heterocycles. The fourth-order valence-electron chi connectivity index (χ4n) is 2.57. The van der Waals surface area contributed by atoms with E-state index >= 15 is 0 Å². The number of hydrogen-bond acceptors (Lipinski definition) is 3. The maximum Gasteiger partial charge on any atom is 0.234 e. The van der Waals surface area contributed by atoms with Gasteiger partial charge in [-0.1, -0.05) is 29.8 Å². The van der Waals surface area contributed by atoms with Gasteiger partial charge in [0.05, 0.1) is 16.9 Å². The standard InChI is InChI=1S/C17H16ClNO2S/c18-15-3-1-2-4-16(15)22-10-17(21)19-13-6-5-11-8-14(20)9-12(11)7-13/h1-7,14,20H,8-10H2,(H,19,21)/t14-/m0/s1. The fourth-order valence-corrected chi connectivity index (χ4v) is 3.61. The predicted octanol–water partition coefficient (Wildman–Crippen LogP) is 3.53. The van der Waals surface area contributed by atoms with E-state index in [2.05, 4.69) is 5.32 Å². The molecule has 22 heavy (non-hydrogen) atoms. The third-order valence-electron chi connectivity index (χ3n) is 3.60. The highest BCUT2D eigenvalue weighted by Gasteiger charge is 2.19. The number of amides is 1. The highest BCUT2D eigenvalue weighted by molar-refractivity contribution is 8.00. The summed E-state index contributed by atoms with van der Waals surface area (Å²) in [6, 6.07) is 13.3. The number of aliphatic hydroxyl groups is 1. The Morgan fingerprint density at radius 2 is 2.00 bits per heavy atom. The quantitative estimate of drug-likeness (QED) is 0.841. The second kappa shape index (κ2) is 6.73. The van der Waals surface area contributed by atoms with E-state index in [1.165, 1.54) is 11.8 Å². The summed E-state index contributed by atoms with van der Waals surface area (Å²) in [5.41, 5.74) is 3.05. The number of rotatable bonds is 4. The third-order valence-corrected chi connectivity index (χ3v) is 5.11. The van der Waals surface area contributed by atoms with Crippen LogP contribution in [0.25, 0.3) is 0 Å². The van der Waals surface area contributed by atoms with E-state index < -0.39 is 0 Å². The molecule has 0 bridgehead atoms. The number of benzene rings is 2. The minimum absolute atomic E-state index is 0.0663. The Balaban J connectivity index is 1.58. The van der Waals surface area contributed by atoms with E-state index in [-0.39, 0.29) is 12.0 Å². The summed E-state index contributed by atoms with van der Waals surface area (Å²) in [6.07, 6.45) is 1.07. The summed E-state index contributed by atoms with van der Waals surface area (Å²) in [4.78, 5) is 12.9. The van der Waals surface area contributed by atoms with E-state index in [4.69, 9.17) is 11.6 Å². The Labute approximate surface area is 138 Å². The second-order valence-corrected chi connectivity index (χ2v) is 6.74. The highest BCUT2D eigenvalue weighted by Crippen LogP contribution is 2.27. The van der Waals surface area contributed by atoms with Gasteiger partial charge in [-0.3, -0.25) is 4.79 Å². The van der Waals surface area contributed by atoms with E-state index in [9.17, 15) is 9.90 Å². The molecular formula is C17H16ClNO2S. The lowest BCUT2D eigenvalue weighted by Crippen LogP contribution is -2.14. The zero-order chi connectivity index (χ0) is 15.5. The summed E-state index contributed by atoms with van der Waals surface area (Å²) in [5, 5.41) is 13.2. The molecule has 1 atom stereocenters. The first-order valence-electron chi connectivity index (χ1n) is 7.09. The van der Waals surface area contributed by atoms with E-state index in [1.54, 1.807) is 0 Å². The molecule has 3 rings (SSSR count). The van der Waals surface area contributed by atoms with Gasteiger partial charge >= 0.3 is 0 Å². The molecule has 0 spiro atoms. The summed E-state index contributed by atoms with van der Waals surface area (Å²) < 4.78 is 0. The van der Waals surface area contributed by atoms with Crippen LogP contribution in [0.1, 0.15) is 11.1 Å². The molecule has 0 aromatic heterocycles. The van der Waals surface area contributed by atoms with Crippen molar-refractivity contribution in [3.63, 3.8) is 0 Å². The number of halogens is 1. The van der Waals surface area contributed by atoms with Crippen molar-refractivity contribution in [2.24, 2.45) is 0 Å². The van der Waals surface area contributed by atoms with E-state index in [0.717, 1.165) is 21.7 Å². The van der Waals surface area contributed by atoms with Gasteiger partial charge < -0.3 is 10.4 Å². The number of fused-ring (bicyclic) bond motifs is 1. The normalized spacial score (nSPS) is 16.4. The minimum atomic E-state index is -0.295. The van der Waals surface area contributed by atoms with Crippen molar-refractivity contribution in [1.82, 2.24) is 0 Å². The first-order valence-corrected chi connectivity index (χ1v) is 8.45. The molecule has 0 heterocycles. The molecule has 2 N–H and O–H groups in total. The predicted molar refractivity (Wildman–Crippen MR) is 90.7 cm³/mol. The Bertz CT molecular complexity index is 705. The monoisotopic (exact) mass is 333 g/mol. The van der Waals surface area contributed by atoms with E-state index in [1.807, 2.05) is 42.5 Å². The molecule has 5 heteroatoms. The second-order valence-electron chi connectivity index (χ2n) is 5.31. The van der Waals surface area contributed by atoms with Crippen LogP contribution in [0.4, 0.5) is 5.69 Å². The summed E-state index contributed by atoms with van der Waals surface area (Å²) in [5.74, 6) is 0.243. The van der Waals surface area contributed by atoms with Crippen molar-refractivity contribution in [1.29, 1.82) is 0 Å². The van der Waals surface area contributed by atoms with E-state index in [0.29, 0.717) is 23.6 Å². The molecule has 1 aliphatic rings. The van der Waals surface area contributed by atoms with Gasteiger partial charge in [-0.2, -0.15) is 0 Å². The average molecular weight is 334 g/mol. The van der Waals surface area contributed by atoms with Gasteiger partial charge in [0.2, 0.25) is 5.91 Å². The fraction of sp³-hybridized carbons (Fsp3) is 0.235. The van der Waals surface area contributed by atoms with Crippen LogP contribution in [0.15, 0.2) is 47.4 Å². The van der Waals surface area contributed by atoms with Crippen LogP contribution < -0.4 is 5.32 Å². The molecular weight excluding hydrogens is 318 g/mol. The van der Waals surface area contributed by atoms with Crippen molar-refractivity contribution in [3.05, 3.63) is 58.6 Å². The lowest BCUT2D eigenvalue weighted by Gasteiger charge is -2.08. The maximum atomic E-state index is 12.0. The summed E-state index contributed by atoms with van der Waals surface area (Å²) in [7, 11) is 0. The first kappa shape index (κ1) is 15.4. The molecule has 2 aromatic rings. The molecule has 0 fully saturated rings. The minimum Gasteiger partial charge on any atom is -0.392 e. The van der Waals surface area contributed by atoms with Crippen LogP contribution in [0.3, 0.4) is 0 Å². The number of anilines is 1. The zero-order valence-corrected chi connectivity index (χ0v) is 13.5. The van der Waals surface area contributed by atoms with Crippen molar-refractivity contribution >= 4 is 35.0 Å². The number of nitrogens with one attached hydrogen (secondary N) is 1. The van der Waals surface area contributed by atoms with Crippen molar-refractivity contribution in [3.8, 4) is 0 Å². The zero-order valence-electron chi connectivity index (χ0n) is 11.9. The van der Waals surface area contributed by atoms with Gasteiger partial charge in [0, 0.05) is 10.6 Å². The number of carbonyl (C=O) groups is 1. The summed E-state index contributed by atoms with van der Waals surface area (Å²) in [6.45, 7) is 0. The highest BCUT2D eigenvalue weighted by atomic mass is 35.5. The van der Waals surface area contributed by atoms with Crippen LogP contribution in [0.2, 0.25) is 5.02 Å². The van der Waals surface area contributed by atoms with Crippen molar-refractivity contribution in [2.45, 2.75) is 23.8 Å². The number of carbonyl (C=O) groups excluding carboxylic acids is 1. The number of thioether (sulfide) groups is 1. The largest absolute Gasteiger partial charge is 0.392 e. The Hall–Kier alpha value is -1.49. The smallest absolute Gasteiger partial charge is 0.234 e. The Morgan fingerprint density at radius 3 is 2.82 bits per heavy atom. The summed E-state index contributed by atoms with van der Waals surface area (Å²) >= 11 is 7.49. The lowest BCUT2D eigenvalue weighted by molar-refractivity contribution is -0.113. The average Bonchev–Trinajstić information content (AvgIpc) is 2.86. The van der Waals surface area contributed by atoms with Gasteiger partial charge in [-0.15, -0.1) is 11.8 Å². The topological polar surface area (TPSA) is 49.3 Å². The Kier molecular flexibility index (Phi) is 4.71. The number of hydrogen-bond donors (Lipinski definition) is 2. The lowest BCUT2D eigenvalue weighted by atomic mass is 10.1. The van der Waals surface area contributed by atoms with Gasteiger partial charge in [0.25, 0.3) is 0 Å². The Morgan fingerprint density at radius 1 is 1.23 bits per heavy atom.